The molecule has 4 nitrogen and oxygen atoms in total. The van der Waals surface area contributed by atoms with Crippen LogP contribution >= 0.6 is 0 Å². The number of benzene rings is 2. The van der Waals surface area contributed by atoms with E-state index in [2.05, 4.69) is 0 Å². The average molecular weight is 278 g/mol. The van der Waals surface area contributed by atoms with Crippen molar-refractivity contribution in [3.8, 4) is 23.0 Å². The van der Waals surface area contributed by atoms with Gasteiger partial charge in [-0.25, -0.2) is 4.39 Å². The van der Waals surface area contributed by atoms with Gasteiger partial charge in [-0.1, -0.05) is 0 Å². The van der Waals surface area contributed by atoms with Gasteiger partial charge in [0.1, 0.15) is 28.8 Å². The van der Waals surface area contributed by atoms with Crippen LogP contribution in [0.15, 0.2) is 36.4 Å². The Morgan fingerprint density at radius 1 is 0.850 bits per heavy atom. The van der Waals surface area contributed by atoms with Crippen LogP contribution in [0.2, 0.25) is 0 Å². The molecule has 0 aliphatic heterocycles. The SMILES string of the molecule is COc1cc(OC)cc(Oc2cc(F)cc(CO)c2)c1. The molecule has 0 radical (unpaired) electrons. The van der Waals surface area contributed by atoms with Crippen LogP contribution in [-0.2, 0) is 6.61 Å². The van der Waals surface area contributed by atoms with Gasteiger partial charge >= 0.3 is 0 Å². The van der Waals surface area contributed by atoms with Crippen molar-refractivity contribution < 1.29 is 23.7 Å². The molecular formula is C15H15FO4. The predicted octanol–water partition coefficient (Wildman–Crippen LogP) is 3.13. The number of hydrogen-bond acceptors (Lipinski definition) is 4. The Labute approximate surface area is 116 Å². The van der Waals surface area contributed by atoms with E-state index in [9.17, 15) is 4.39 Å². The van der Waals surface area contributed by atoms with Crippen LogP contribution in [0.25, 0.3) is 0 Å². The summed E-state index contributed by atoms with van der Waals surface area (Å²) in [4.78, 5) is 0. The molecule has 0 bridgehead atoms. The van der Waals surface area contributed by atoms with Crippen molar-refractivity contribution >= 4 is 0 Å². The van der Waals surface area contributed by atoms with E-state index in [1.807, 2.05) is 0 Å². The number of ether oxygens (including phenoxy) is 3. The van der Waals surface area contributed by atoms with E-state index >= 15 is 0 Å². The topological polar surface area (TPSA) is 47.9 Å². The van der Waals surface area contributed by atoms with Gasteiger partial charge in [0, 0.05) is 24.3 Å². The van der Waals surface area contributed by atoms with Crippen LogP contribution in [0, 0.1) is 5.82 Å². The minimum Gasteiger partial charge on any atom is -0.496 e. The second-order valence-corrected chi connectivity index (χ2v) is 4.10. The van der Waals surface area contributed by atoms with Crippen molar-refractivity contribution in [2.24, 2.45) is 0 Å². The molecular weight excluding hydrogens is 263 g/mol. The number of aliphatic hydroxyl groups is 1. The first-order valence-electron chi connectivity index (χ1n) is 5.96. The third kappa shape index (κ3) is 3.39. The van der Waals surface area contributed by atoms with Crippen molar-refractivity contribution in [1.29, 1.82) is 0 Å². The van der Waals surface area contributed by atoms with Crippen LogP contribution in [0.4, 0.5) is 4.39 Å². The molecule has 20 heavy (non-hydrogen) atoms. The molecule has 2 rings (SSSR count). The van der Waals surface area contributed by atoms with Gasteiger partial charge in [0.05, 0.1) is 20.8 Å². The van der Waals surface area contributed by atoms with Crippen LogP contribution in [0.3, 0.4) is 0 Å². The molecule has 1 N–H and O–H groups in total. The highest BCUT2D eigenvalue weighted by Crippen LogP contribution is 2.31. The molecule has 0 amide bonds. The third-order valence-corrected chi connectivity index (χ3v) is 2.67. The first-order chi connectivity index (χ1) is 9.64. The van der Waals surface area contributed by atoms with Crippen LogP contribution in [0.1, 0.15) is 5.56 Å². The molecule has 0 saturated carbocycles. The zero-order valence-corrected chi connectivity index (χ0v) is 11.2. The first kappa shape index (κ1) is 14.1. The smallest absolute Gasteiger partial charge is 0.134 e. The van der Waals surface area contributed by atoms with E-state index < -0.39 is 5.82 Å². The van der Waals surface area contributed by atoms with Crippen LogP contribution in [0.5, 0.6) is 23.0 Å². The summed E-state index contributed by atoms with van der Waals surface area (Å²) in [5.41, 5.74) is 0.440. The van der Waals surface area contributed by atoms with Gasteiger partial charge in [-0.05, 0) is 17.7 Å². The quantitative estimate of drug-likeness (QED) is 0.912. The highest BCUT2D eigenvalue weighted by atomic mass is 19.1. The summed E-state index contributed by atoms with van der Waals surface area (Å²) >= 11 is 0. The molecule has 0 atom stereocenters. The maximum atomic E-state index is 13.4. The lowest BCUT2D eigenvalue weighted by atomic mass is 10.2. The molecule has 0 aromatic heterocycles. The molecule has 0 heterocycles. The van der Waals surface area contributed by atoms with Gasteiger partial charge < -0.3 is 19.3 Å². The van der Waals surface area contributed by atoms with Crippen molar-refractivity contribution in [1.82, 2.24) is 0 Å². The Bertz CT molecular complexity index is 576. The van der Waals surface area contributed by atoms with E-state index in [1.165, 1.54) is 26.4 Å². The largest absolute Gasteiger partial charge is 0.496 e. The molecule has 0 aliphatic carbocycles. The van der Waals surface area contributed by atoms with E-state index in [4.69, 9.17) is 19.3 Å². The third-order valence-electron chi connectivity index (χ3n) is 2.67. The highest BCUT2D eigenvalue weighted by molar-refractivity contribution is 5.44. The van der Waals surface area contributed by atoms with Gasteiger partial charge in [-0.15, -0.1) is 0 Å². The summed E-state index contributed by atoms with van der Waals surface area (Å²) < 4.78 is 29.2. The first-order valence-corrected chi connectivity index (χ1v) is 5.96. The molecule has 106 valence electrons. The Morgan fingerprint density at radius 3 is 1.95 bits per heavy atom. The lowest BCUT2D eigenvalue weighted by Crippen LogP contribution is -1.92. The summed E-state index contributed by atoms with van der Waals surface area (Å²) in [6.07, 6.45) is 0. The summed E-state index contributed by atoms with van der Waals surface area (Å²) in [6, 6.07) is 9.08. The second kappa shape index (κ2) is 6.25. The van der Waals surface area contributed by atoms with Crippen molar-refractivity contribution in [3.63, 3.8) is 0 Å². The molecule has 0 aliphatic rings. The Morgan fingerprint density at radius 2 is 1.40 bits per heavy atom. The highest BCUT2D eigenvalue weighted by Gasteiger charge is 2.06. The number of rotatable bonds is 5. The maximum absolute atomic E-state index is 13.4. The molecule has 0 spiro atoms. The van der Waals surface area contributed by atoms with E-state index in [1.54, 1.807) is 24.3 Å². The van der Waals surface area contributed by atoms with Crippen molar-refractivity contribution in [3.05, 3.63) is 47.8 Å². The van der Waals surface area contributed by atoms with Crippen molar-refractivity contribution in [2.75, 3.05) is 14.2 Å². The summed E-state index contributed by atoms with van der Waals surface area (Å²) in [5, 5.41) is 9.05. The van der Waals surface area contributed by atoms with Gasteiger partial charge in [0.15, 0.2) is 0 Å². The normalized spacial score (nSPS) is 10.2. The van der Waals surface area contributed by atoms with Gasteiger partial charge in [-0.2, -0.15) is 0 Å². The zero-order chi connectivity index (χ0) is 14.5. The molecule has 0 fully saturated rings. The summed E-state index contributed by atoms with van der Waals surface area (Å²) in [6.45, 7) is -0.254. The number of halogens is 1. The standard InChI is InChI=1S/C15H15FO4/c1-18-12-6-13(19-2)8-15(7-12)20-14-4-10(9-17)3-11(16)5-14/h3-8,17H,9H2,1-2H3. The minimum absolute atomic E-state index is 0.254. The monoisotopic (exact) mass is 278 g/mol. The Kier molecular flexibility index (Phi) is 4.42. The van der Waals surface area contributed by atoms with Crippen molar-refractivity contribution in [2.45, 2.75) is 6.61 Å². The van der Waals surface area contributed by atoms with Gasteiger partial charge in [0.25, 0.3) is 0 Å². The average Bonchev–Trinajstić information content (AvgIpc) is 2.46. The fourth-order valence-electron chi connectivity index (χ4n) is 1.75. The second-order valence-electron chi connectivity index (χ2n) is 4.10. The summed E-state index contributed by atoms with van der Waals surface area (Å²) in [5.74, 6) is 1.41. The molecule has 5 heteroatoms. The van der Waals surface area contributed by atoms with Gasteiger partial charge in [-0.3, -0.25) is 0 Å². The Balaban J connectivity index is 2.31. The molecule has 2 aromatic rings. The molecule has 0 saturated heterocycles. The summed E-state index contributed by atoms with van der Waals surface area (Å²) in [7, 11) is 3.06. The number of hydrogen-bond donors (Lipinski definition) is 1. The lowest BCUT2D eigenvalue weighted by molar-refractivity contribution is 0.280. The fourth-order valence-corrected chi connectivity index (χ4v) is 1.75. The molecule has 2 aromatic carbocycles. The maximum Gasteiger partial charge on any atom is 0.134 e. The van der Waals surface area contributed by atoms with Gasteiger partial charge in [0.2, 0.25) is 0 Å². The predicted molar refractivity (Wildman–Crippen MR) is 71.9 cm³/mol. The lowest BCUT2D eigenvalue weighted by Gasteiger charge is -2.10. The van der Waals surface area contributed by atoms with E-state index in [0.717, 1.165) is 0 Å². The van der Waals surface area contributed by atoms with Crippen LogP contribution < -0.4 is 14.2 Å². The fraction of sp³-hybridized carbons (Fsp3) is 0.200. The van der Waals surface area contributed by atoms with Crippen LogP contribution in [-0.4, -0.2) is 19.3 Å². The minimum atomic E-state index is -0.471. The number of methoxy groups -OCH3 is 2. The Hall–Kier alpha value is -2.27. The molecule has 0 unspecified atom stereocenters. The van der Waals surface area contributed by atoms with E-state index in [-0.39, 0.29) is 6.61 Å². The number of aliphatic hydroxyl groups excluding tert-OH is 1. The zero-order valence-electron chi connectivity index (χ0n) is 11.2. The van der Waals surface area contributed by atoms with E-state index in [0.29, 0.717) is 28.6 Å².